The fourth-order valence-electron chi connectivity index (χ4n) is 1.16. The van der Waals surface area contributed by atoms with Crippen LogP contribution in [0.4, 0.5) is 0 Å². The number of carboxylic acid groups (broad SMARTS) is 1. The Labute approximate surface area is 85.5 Å². The molecule has 0 bridgehead atoms. The van der Waals surface area contributed by atoms with Crippen LogP contribution in [-0.2, 0) is 0 Å². The topological polar surface area (TPSA) is 76.0 Å². The van der Waals surface area contributed by atoms with Gasteiger partial charge in [-0.1, -0.05) is 0 Å². The first-order valence-electron chi connectivity index (χ1n) is 4.21. The first-order valence-corrected chi connectivity index (χ1v) is 4.21. The number of pyridine rings is 1. The van der Waals surface area contributed by atoms with Crippen LogP contribution < -0.4 is 0 Å². The lowest BCUT2D eigenvalue weighted by molar-refractivity contribution is 0.0696. The molecular weight excluding hydrogens is 194 g/mol. The summed E-state index contributed by atoms with van der Waals surface area (Å²) in [6, 6.07) is 1.54. The minimum absolute atomic E-state index is 0.149. The zero-order valence-corrected chi connectivity index (χ0v) is 7.66. The third-order valence-electron chi connectivity index (χ3n) is 1.88. The van der Waals surface area contributed by atoms with Crippen molar-refractivity contribution in [2.24, 2.45) is 0 Å². The molecule has 2 aromatic rings. The van der Waals surface area contributed by atoms with E-state index in [-0.39, 0.29) is 5.56 Å². The highest BCUT2D eigenvalue weighted by molar-refractivity contribution is 5.88. The molecule has 0 atom stereocenters. The van der Waals surface area contributed by atoms with Gasteiger partial charge >= 0.3 is 5.97 Å². The molecular formula is C10H7N3O2. The predicted octanol–water partition coefficient (Wildman–Crippen LogP) is 1.24. The van der Waals surface area contributed by atoms with E-state index in [2.05, 4.69) is 15.0 Å². The van der Waals surface area contributed by atoms with Gasteiger partial charge in [0.05, 0.1) is 5.56 Å². The molecule has 0 aliphatic carbocycles. The summed E-state index contributed by atoms with van der Waals surface area (Å²) in [4.78, 5) is 22.3. The number of aromatic carboxylic acids is 1. The van der Waals surface area contributed by atoms with Crippen molar-refractivity contribution in [3.05, 3.63) is 42.7 Å². The van der Waals surface area contributed by atoms with Gasteiger partial charge in [-0.25, -0.2) is 14.8 Å². The van der Waals surface area contributed by atoms with Crippen molar-refractivity contribution in [1.82, 2.24) is 15.0 Å². The summed E-state index contributed by atoms with van der Waals surface area (Å²) in [5.41, 5.74) is 1.58. The Kier molecular flexibility index (Phi) is 2.37. The highest BCUT2D eigenvalue weighted by Gasteiger charge is 2.05. The maximum atomic E-state index is 10.7. The van der Waals surface area contributed by atoms with E-state index in [0.29, 0.717) is 5.56 Å². The monoisotopic (exact) mass is 201 g/mol. The van der Waals surface area contributed by atoms with Gasteiger partial charge in [0.15, 0.2) is 0 Å². The normalized spacial score (nSPS) is 9.87. The van der Waals surface area contributed by atoms with Gasteiger partial charge in [-0.3, -0.25) is 4.98 Å². The van der Waals surface area contributed by atoms with Crippen LogP contribution in [-0.4, -0.2) is 26.0 Å². The van der Waals surface area contributed by atoms with Crippen LogP contribution in [0.25, 0.3) is 11.1 Å². The lowest BCUT2D eigenvalue weighted by Crippen LogP contribution is -1.97. The first-order chi connectivity index (χ1) is 7.27. The zero-order valence-electron chi connectivity index (χ0n) is 7.66. The molecule has 1 N–H and O–H groups in total. The van der Waals surface area contributed by atoms with Gasteiger partial charge in [0, 0.05) is 35.9 Å². The molecule has 0 aromatic carbocycles. The summed E-state index contributed by atoms with van der Waals surface area (Å²) in [6.07, 6.45) is 7.50. The minimum Gasteiger partial charge on any atom is -0.478 e. The molecule has 0 radical (unpaired) electrons. The van der Waals surface area contributed by atoms with Crippen molar-refractivity contribution in [2.45, 2.75) is 0 Å². The molecule has 15 heavy (non-hydrogen) atoms. The number of carbonyl (C=O) groups is 1. The average molecular weight is 201 g/mol. The highest BCUT2D eigenvalue weighted by atomic mass is 16.4. The number of nitrogens with zero attached hydrogens (tertiary/aromatic N) is 3. The molecule has 0 saturated heterocycles. The number of rotatable bonds is 2. The van der Waals surface area contributed by atoms with Gasteiger partial charge in [-0.15, -0.1) is 0 Å². The second-order valence-corrected chi connectivity index (χ2v) is 2.89. The van der Waals surface area contributed by atoms with Crippen molar-refractivity contribution in [3.8, 4) is 11.1 Å². The standard InChI is InChI=1S/C10H7N3O2/c14-10(15)8-1-7(2-11-3-8)9-4-12-6-13-5-9/h1-6H,(H,14,15). The molecule has 0 fully saturated rings. The minimum atomic E-state index is -0.999. The maximum absolute atomic E-state index is 10.7. The third-order valence-corrected chi connectivity index (χ3v) is 1.88. The second-order valence-electron chi connectivity index (χ2n) is 2.89. The van der Waals surface area contributed by atoms with Gasteiger partial charge in [-0.05, 0) is 6.07 Å². The summed E-state index contributed by atoms with van der Waals surface area (Å²) in [5, 5.41) is 8.78. The Morgan fingerprint density at radius 2 is 1.67 bits per heavy atom. The molecule has 0 amide bonds. The zero-order chi connectivity index (χ0) is 10.7. The predicted molar refractivity (Wildman–Crippen MR) is 52.2 cm³/mol. The Bertz CT molecular complexity index is 485. The fourth-order valence-corrected chi connectivity index (χ4v) is 1.16. The second kappa shape index (κ2) is 3.83. The Morgan fingerprint density at radius 3 is 2.33 bits per heavy atom. The maximum Gasteiger partial charge on any atom is 0.337 e. The summed E-state index contributed by atoms with van der Waals surface area (Å²) in [6.45, 7) is 0. The van der Waals surface area contributed by atoms with Crippen LogP contribution in [0.3, 0.4) is 0 Å². The Balaban J connectivity index is 2.46. The quantitative estimate of drug-likeness (QED) is 0.790. The molecule has 5 heteroatoms. The Morgan fingerprint density at radius 1 is 1.00 bits per heavy atom. The van der Waals surface area contributed by atoms with Crippen molar-refractivity contribution >= 4 is 5.97 Å². The van der Waals surface area contributed by atoms with E-state index in [4.69, 9.17) is 5.11 Å². The molecule has 0 aliphatic heterocycles. The van der Waals surface area contributed by atoms with Crippen LogP contribution in [0.5, 0.6) is 0 Å². The molecule has 2 rings (SSSR count). The van der Waals surface area contributed by atoms with Crippen molar-refractivity contribution in [2.75, 3.05) is 0 Å². The van der Waals surface area contributed by atoms with Gasteiger partial charge in [0.25, 0.3) is 0 Å². The third kappa shape index (κ3) is 1.96. The van der Waals surface area contributed by atoms with E-state index < -0.39 is 5.97 Å². The molecule has 2 heterocycles. The van der Waals surface area contributed by atoms with Gasteiger partial charge in [-0.2, -0.15) is 0 Å². The van der Waals surface area contributed by atoms with Gasteiger partial charge in [0.2, 0.25) is 0 Å². The van der Waals surface area contributed by atoms with Crippen LogP contribution in [0.1, 0.15) is 10.4 Å². The largest absolute Gasteiger partial charge is 0.478 e. The van der Waals surface area contributed by atoms with E-state index in [1.54, 1.807) is 18.6 Å². The van der Waals surface area contributed by atoms with E-state index in [1.165, 1.54) is 18.6 Å². The summed E-state index contributed by atoms with van der Waals surface area (Å²) in [5.74, 6) is -0.999. The molecule has 5 nitrogen and oxygen atoms in total. The van der Waals surface area contributed by atoms with Crippen LogP contribution in [0, 0.1) is 0 Å². The number of carboxylic acids is 1. The average Bonchev–Trinajstić information content (AvgIpc) is 2.30. The molecule has 0 aliphatic rings. The van der Waals surface area contributed by atoms with E-state index >= 15 is 0 Å². The van der Waals surface area contributed by atoms with E-state index in [0.717, 1.165) is 5.56 Å². The van der Waals surface area contributed by atoms with Crippen molar-refractivity contribution < 1.29 is 9.90 Å². The van der Waals surface area contributed by atoms with Crippen LogP contribution >= 0.6 is 0 Å². The summed E-state index contributed by atoms with van der Waals surface area (Å²) in [7, 11) is 0. The molecule has 74 valence electrons. The SMILES string of the molecule is O=C(O)c1cncc(-c2cncnc2)c1. The number of hydrogen-bond acceptors (Lipinski definition) is 4. The first kappa shape index (κ1) is 9.26. The molecule has 0 spiro atoms. The Hall–Kier alpha value is -2.30. The van der Waals surface area contributed by atoms with E-state index in [9.17, 15) is 4.79 Å². The molecule has 0 unspecified atom stereocenters. The van der Waals surface area contributed by atoms with Crippen LogP contribution in [0.15, 0.2) is 37.2 Å². The highest BCUT2D eigenvalue weighted by Crippen LogP contribution is 2.16. The van der Waals surface area contributed by atoms with Gasteiger partial charge < -0.3 is 5.11 Å². The molecule has 0 saturated carbocycles. The fraction of sp³-hybridized carbons (Fsp3) is 0. The van der Waals surface area contributed by atoms with E-state index in [1.807, 2.05) is 0 Å². The lowest BCUT2D eigenvalue weighted by atomic mass is 10.1. The summed E-state index contributed by atoms with van der Waals surface area (Å²) >= 11 is 0. The molecule has 2 aromatic heterocycles. The summed E-state index contributed by atoms with van der Waals surface area (Å²) < 4.78 is 0. The smallest absolute Gasteiger partial charge is 0.337 e. The van der Waals surface area contributed by atoms with Crippen molar-refractivity contribution in [3.63, 3.8) is 0 Å². The van der Waals surface area contributed by atoms with Crippen molar-refractivity contribution in [1.29, 1.82) is 0 Å². The number of hydrogen-bond donors (Lipinski definition) is 1. The number of aromatic nitrogens is 3. The van der Waals surface area contributed by atoms with Gasteiger partial charge in [0.1, 0.15) is 6.33 Å². The lowest BCUT2D eigenvalue weighted by Gasteiger charge is -2.00. The van der Waals surface area contributed by atoms with Crippen LogP contribution in [0.2, 0.25) is 0 Å².